The molecule has 0 aliphatic carbocycles. The SMILES string of the molecule is CSCC[C@H](NC(=O)[C@H](CC(C)C)NC(=O)CNC(=O)[C@@H](NC(=O)[C@@H](NC(=O)[C@@H](N)CC(C)C)C(C)C)C(C)C)C(=O)N[C@@H](CCCCN)C(=O)O. The van der Waals surface area contributed by atoms with Gasteiger partial charge in [-0.2, -0.15) is 11.8 Å². The lowest BCUT2D eigenvalue weighted by atomic mass is 9.98. The molecule has 0 rings (SSSR count). The Balaban J connectivity index is 5.65. The second-order valence-electron chi connectivity index (χ2n) is 14.7. The molecule has 300 valence electrons. The number of nitrogens with one attached hydrogen (secondary N) is 6. The first-order chi connectivity index (χ1) is 24.2. The van der Waals surface area contributed by atoms with E-state index in [1.54, 1.807) is 27.7 Å². The van der Waals surface area contributed by atoms with Crippen LogP contribution in [0.2, 0.25) is 0 Å². The molecule has 0 aromatic carbocycles. The molecule has 0 saturated heterocycles. The first-order valence-electron chi connectivity index (χ1n) is 18.2. The highest BCUT2D eigenvalue weighted by Crippen LogP contribution is 2.11. The van der Waals surface area contributed by atoms with Crippen molar-refractivity contribution in [3.8, 4) is 0 Å². The van der Waals surface area contributed by atoms with E-state index < -0.39 is 84.2 Å². The second kappa shape index (κ2) is 25.5. The van der Waals surface area contributed by atoms with Gasteiger partial charge in [-0.3, -0.25) is 28.8 Å². The zero-order valence-corrected chi connectivity index (χ0v) is 33.3. The number of carboxylic acids is 1. The monoisotopic (exact) mass is 758 g/mol. The van der Waals surface area contributed by atoms with Gasteiger partial charge < -0.3 is 48.5 Å². The van der Waals surface area contributed by atoms with Crippen molar-refractivity contribution in [2.24, 2.45) is 35.1 Å². The zero-order valence-electron chi connectivity index (χ0n) is 32.5. The van der Waals surface area contributed by atoms with Crippen LogP contribution in [-0.4, -0.2) is 108 Å². The molecule has 52 heavy (non-hydrogen) atoms. The molecule has 6 amide bonds. The van der Waals surface area contributed by atoms with E-state index in [-0.39, 0.29) is 42.9 Å². The highest BCUT2D eigenvalue weighted by molar-refractivity contribution is 7.98. The Morgan fingerprint density at radius 2 is 1.13 bits per heavy atom. The number of hydrogen-bond donors (Lipinski definition) is 9. The maximum atomic E-state index is 13.5. The van der Waals surface area contributed by atoms with Crippen molar-refractivity contribution in [2.75, 3.05) is 25.1 Å². The number of carbonyl (C=O) groups is 7. The topological polar surface area (TPSA) is 264 Å². The normalized spacial score (nSPS) is 14.9. The van der Waals surface area contributed by atoms with Crippen molar-refractivity contribution in [1.29, 1.82) is 0 Å². The van der Waals surface area contributed by atoms with Crippen LogP contribution in [0, 0.1) is 23.7 Å². The third kappa shape index (κ3) is 19.4. The molecular weight excluding hydrogens is 693 g/mol. The van der Waals surface area contributed by atoms with Gasteiger partial charge in [0.05, 0.1) is 12.6 Å². The van der Waals surface area contributed by atoms with E-state index in [1.807, 2.05) is 34.0 Å². The molecule has 0 aromatic heterocycles. The molecule has 0 aliphatic heterocycles. The fourth-order valence-electron chi connectivity index (χ4n) is 5.21. The van der Waals surface area contributed by atoms with Crippen molar-refractivity contribution >= 4 is 53.2 Å². The minimum absolute atomic E-state index is 0.0436. The molecule has 0 unspecified atom stereocenters. The lowest BCUT2D eigenvalue weighted by molar-refractivity contribution is -0.142. The lowest BCUT2D eigenvalue weighted by Crippen LogP contribution is -2.59. The number of rotatable bonds is 26. The van der Waals surface area contributed by atoms with Crippen molar-refractivity contribution in [1.82, 2.24) is 31.9 Å². The van der Waals surface area contributed by atoms with Gasteiger partial charge >= 0.3 is 5.97 Å². The summed E-state index contributed by atoms with van der Waals surface area (Å²) in [6.45, 7) is 14.4. The maximum Gasteiger partial charge on any atom is 0.326 e. The van der Waals surface area contributed by atoms with Gasteiger partial charge in [-0.15, -0.1) is 0 Å². The molecule has 16 nitrogen and oxygen atoms in total. The fourth-order valence-corrected chi connectivity index (χ4v) is 5.68. The Hall–Kier alpha value is -3.44. The molecule has 0 fully saturated rings. The van der Waals surface area contributed by atoms with Crippen LogP contribution in [0.4, 0.5) is 0 Å². The first-order valence-corrected chi connectivity index (χ1v) is 19.6. The number of carbonyl (C=O) groups excluding carboxylic acids is 6. The minimum atomic E-state index is -1.19. The smallest absolute Gasteiger partial charge is 0.326 e. The molecule has 0 bridgehead atoms. The quantitative estimate of drug-likeness (QED) is 0.0539. The van der Waals surface area contributed by atoms with Gasteiger partial charge in [0.25, 0.3) is 0 Å². The van der Waals surface area contributed by atoms with Crippen molar-refractivity contribution in [3.63, 3.8) is 0 Å². The van der Waals surface area contributed by atoms with Gasteiger partial charge in [-0.1, -0.05) is 55.4 Å². The standard InChI is InChI=1S/C35H66N8O8S/c1-19(2)16-23(37)30(45)42-29(22(7)8)34(49)43-28(21(5)6)33(48)38-18-27(44)39-26(17-20(3)4)32(47)40-24(13-15-52-9)31(46)41-25(35(50)51)12-10-11-14-36/h19-26,28-29H,10-18,36-37H2,1-9H3,(H,38,48)(H,39,44)(H,40,47)(H,41,46)(H,42,45)(H,43,49)(H,50,51)/t23-,24-,25-,26-,28-,29-/m0/s1. The van der Waals surface area contributed by atoms with E-state index in [4.69, 9.17) is 11.5 Å². The number of amides is 6. The summed E-state index contributed by atoms with van der Waals surface area (Å²) in [5, 5.41) is 25.3. The van der Waals surface area contributed by atoms with Crippen LogP contribution in [0.3, 0.4) is 0 Å². The summed E-state index contributed by atoms with van der Waals surface area (Å²) in [4.78, 5) is 90.6. The molecule has 0 heterocycles. The predicted molar refractivity (Wildman–Crippen MR) is 203 cm³/mol. The van der Waals surface area contributed by atoms with Gasteiger partial charge in [0.2, 0.25) is 35.4 Å². The summed E-state index contributed by atoms with van der Waals surface area (Å²) < 4.78 is 0. The Morgan fingerprint density at radius 3 is 1.63 bits per heavy atom. The molecule has 0 aliphatic rings. The van der Waals surface area contributed by atoms with Gasteiger partial charge in [-0.25, -0.2) is 4.79 Å². The first kappa shape index (κ1) is 48.6. The average Bonchev–Trinajstić information content (AvgIpc) is 3.04. The summed E-state index contributed by atoms with van der Waals surface area (Å²) in [7, 11) is 0. The number of hydrogen-bond acceptors (Lipinski definition) is 10. The van der Waals surface area contributed by atoms with Crippen molar-refractivity contribution < 1.29 is 38.7 Å². The van der Waals surface area contributed by atoms with E-state index in [0.29, 0.717) is 31.6 Å². The van der Waals surface area contributed by atoms with Crippen LogP contribution in [0.15, 0.2) is 0 Å². The number of unbranched alkanes of at least 4 members (excludes halogenated alkanes) is 1. The Labute approximate surface area is 313 Å². The second-order valence-corrected chi connectivity index (χ2v) is 15.7. The van der Waals surface area contributed by atoms with E-state index in [0.717, 1.165) is 0 Å². The van der Waals surface area contributed by atoms with E-state index >= 15 is 0 Å². The van der Waals surface area contributed by atoms with Crippen LogP contribution in [0.25, 0.3) is 0 Å². The third-order valence-corrected chi connectivity index (χ3v) is 8.79. The van der Waals surface area contributed by atoms with Gasteiger partial charge in [-0.05, 0) is 80.7 Å². The summed E-state index contributed by atoms with van der Waals surface area (Å²) in [5.41, 5.74) is 11.5. The van der Waals surface area contributed by atoms with E-state index in [9.17, 15) is 38.7 Å². The van der Waals surface area contributed by atoms with E-state index in [2.05, 4.69) is 31.9 Å². The van der Waals surface area contributed by atoms with Crippen molar-refractivity contribution in [2.45, 2.75) is 130 Å². The number of nitrogens with two attached hydrogens (primary N) is 2. The third-order valence-electron chi connectivity index (χ3n) is 8.14. The number of thioether (sulfide) groups is 1. The molecular formula is C35H66N8O8S. The van der Waals surface area contributed by atoms with Crippen LogP contribution in [0.5, 0.6) is 0 Å². The number of aliphatic carboxylic acids is 1. The van der Waals surface area contributed by atoms with E-state index in [1.165, 1.54) is 11.8 Å². The summed E-state index contributed by atoms with van der Waals surface area (Å²) in [6.07, 6.45) is 4.00. The zero-order chi connectivity index (χ0) is 40.1. The fraction of sp³-hybridized carbons (Fsp3) is 0.800. The minimum Gasteiger partial charge on any atom is -0.480 e. The summed E-state index contributed by atoms with van der Waals surface area (Å²) in [5.74, 6) is -4.89. The van der Waals surface area contributed by atoms with Crippen LogP contribution >= 0.6 is 11.8 Å². The molecule has 0 radical (unpaired) electrons. The molecule has 11 N–H and O–H groups in total. The summed E-state index contributed by atoms with van der Waals surface area (Å²) in [6, 6.07) is -6.05. The van der Waals surface area contributed by atoms with Crippen LogP contribution in [0.1, 0.15) is 93.9 Å². The Bertz CT molecular complexity index is 1170. The lowest BCUT2D eigenvalue weighted by Gasteiger charge is -2.28. The summed E-state index contributed by atoms with van der Waals surface area (Å²) >= 11 is 1.45. The molecule has 0 aromatic rings. The highest BCUT2D eigenvalue weighted by Gasteiger charge is 2.33. The largest absolute Gasteiger partial charge is 0.480 e. The van der Waals surface area contributed by atoms with Crippen LogP contribution < -0.4 is 43.4 Å². The predicted octanol–water partition coefficient (Wildman–Crippen LogP) is 0.225. The Kier molecular flexibility index (Phi) is 23.8. The maximum absolute atomic E-state index is 13.5. The Morgan fingerprint density at radius 1 is 0.615 bits per heavy atom. The molecule has 17 heteroatoms. The number of carboxylic acid groups (broad SMARTS) is 1. The molecule has 6 atom stereocenters. The molecule has 0 spiro atoms. The van der Waals surface area contributed by atoms with Gasteiger partial charge in [0.15, 0.2) is 0 Å². The highest BCUT2D eigenvalue weighted by atomic mass is 32.2. The molecule has 0 saturated carbocycles. The van der Waals surface area contributed by atoms with Gasteiger partial charge in [0, 0.05) is 0 Å². The van der Waals surface area contributed by atoms with Crippen molar-refractivity contribution in [3.05, 3.63) is 0 Å². The van der Waals surface area contributed by atoms with Gasteiger partial charge in [0.1, 0.15) is 30.2 Å². The van der Waals surface area contributed by atoms with Crippen LogP contribution in [-0.2, 0) is 33.6 Å². The average molecular weight is 759 g/mol.